The maximum atomic E-state index is 13.0. The van der Waals surface area contributed by atoms with Crippen molar-refractivity contribution in [3.05, 3.63) is 71.8 Å². The van der Waals surface area contributed by atoms with Gasteiger partial charge in [0, 0.05) is 23.7 Å². The fourth-order valence-electron chi connectivity index (χ4n) is 3.66. The van der Waals surface area contributed by atoms with Crippen LogP contribution in [0.2, 0.25) is 0 Å². The van der Waals surface area contributed by atoms with Crippen molar-refractivity contribution in [1.29, 1.82) is 0 Å². The molecule has 0 saturated carbocycles. The van der Waals surface area contributed by atoms with Gasteiger partial charge in [-0.1, -0.05) is 42.5 Å². The van der Waals surface area contributed by atoms with Crippen LogP contribution in [0.25, 0.3) is 33.7 Å². The number of carbonyl (C=O) groups is 1. The summed E-state index contributed by atoms with van der Waals surface area (Å²) in [6.45, 7) is -1.22. The van der Waals surface area contributed by atoms with Crippen LogP contribution < -0.4 is 9.72 Å². The van der Waals surface area contributed by atoms with E-state index in [1.807, 2.05) is 55.5 Å². The lowest BCUT2D eigenvalue weighted by Crippen LogP contribution is -2.44. The summed E-state index contributed by atoms with van der Waals surface area (Å²) < 4.78 is 36.6. The molecule has 1 radical (unpaired) electrons. The zero-order valence-electron chi connectivity index (χ0n) is 18.1. The van der Waals surface area contributed by atoms with Crippen LogP contribution in [0.3, 0.4) is 0 Å². The molecule has 4 aromatic rings. The molecule has 10 heteroatoms. The lowest BCUT2D eigenvalue weighted by atomic mass is 9.96. The normalized spacial score (nSPS) is 11.5. The number of aliphatic hydroxyl groups is 1. The van der Waals surface area contributed by atoms with Crippen molar-refractivity contribution in [2.75, 3.05) is 6.23 Å². The fourth-order valence-corrected chi connectivity index (χ4v) is 4.46. The molecule has 1 heterocycles. The molecule has 4 rings (SSSR count). The van der Waals surface area contributed by atoms with E-state index in [2.05, 4.69) is 14.7 Å². The van der Waals surface area contributed by atoms with Gasteiger partial charge in [-0.25, -0.2) is 4.98 Å². The lowest BCUT2D eigenvalue weighted by molar-refractivity contribution is -0.0504. The number of aromatic nitrogens is 1. The van der Waals surface area contributed by atoms with E-state index in [1.54, 1.807) is 0 Å². The highest BCUT2D eigenvalue weighted by atomic mass is 28.3. The Bertz CT molecular complexity index is 1310. The van der Waals surface area contributed by atoms with E-state index in [-0.39, 0.29) is 23.4 Å². The van der Waals surface area contributed by atoms with E-state index in [0.29, 0.717) is 11.4 Å². The number of alkyl halides is 2. The molecule has 0 amide bonds. The average molecular weight is 484 g/mol. The number of aliphatic hydroxyl groups excluding tert-OH is 1. The summed E-state index contributed by atoms with van der Waals surface area (Å²) >= 11 is 0. The number of hydrogen-bond donors (Lipinski definition) is 3. The van der Waals surface area contributed by atoms with Gasteiger partial charge in [-0.15, -0.1) is 0 Å². The minimum atomic E-state index is -3.08. The molecule has 34 heavy (non-hydrogen) atoms. The Kier molecular flexibility index (Phi) is 7.01. The Labute approximate surface area is 195 Å². The molecule has 0 aliphatic heterocycles. The van der Waals surface area contributed by atoms with Crippen molar-refractivity contribution >= 4 is 25.7 Å². The third-order valence-electron chi connectivity index (χ3n) is 5.34. The molecule has 0 fully saturated rings. The lowest BCUT2D eigenvalue weighted by Gasteiger charge is -2.13. The van der Waals surface area contributed by atoms with Gasteiger partial charge in [0.1, 0.15) is 11.3 Å². The average Bonchev–Trinajstić information content (AvgIpc) is 3.22. The van der Waals surface area contributed by atoms with E-state index in [9.17, 15) is 18.7 Å². The van der Waals surface area contributed by atoms with Gasteiger partial charge < -0.3 is 24.3 Å². The molecular formula is C24H21F2N2O5Si. The van der Waals surface area contributed by atoms with E-state index >= 15 is 0 Å². The number of nitrogens with one attached hydrogen (secondary N) is 1. The Balaban J connectivity index is 1.73. The van der Waals surface area contributed by atoms with E-state index in [0.717, 1.165) is 22.3 Å². The van der Waals surface area contributed by atoms with E-state index in [4.69, 9.17) is 9.52 Å². The molecule has 0 bridgehead atoms. The molecule has 7 nitrogen and oxygen atoms in total. The summed E-state index contributed by atoms with van der Waals surface area (Å²) in [7, 11) is -2.33. The Hall–Kier alpha value is -3.60. The van der Waals surface area contributed by atoms with Crippen LogP contribution >= 0.6 is 0 Å². The van der Waals surface area contributed by atoms with Crippen LogP contribution in [0, 0.1) is 6.92 Å². The van der Waals surface area contributed by atoms with Crippen molar-refractivity contribution in [1.82, 2.24) is 9.97 Å². The van der Waals surface area contributed by atoms with Crippen molar-refractivity contribution in [2.45, 2.75) is 20.1 Å². The Morgan fingerprint density at radius 2 is 1.88 bits per heavy atom. The highest BCUT2D eigenvalue weighted by molar-refractivity contribution is 6.86. The SMILES string of the molecule is Cc1c(-c2ccccc2)cccc1-c1nc2cc(CN[Si](CO)C(=O)O)c(OC(F)F)cc2o1. The van der Waals surface area contributed by atoms with Gasteiger partial charge in [0.05, 0.1) is 6.23 Å². The first-order valence-corrected chi connectivity index (χ1v) is 12.1. The Morgan fingerprint density at radius 1 is 1.15 bits per heavy atom. The van der Waals surface area contributed by atoms with Crippen LogP contribution in [0.15, 0.2) is 65.1 Å². The summed E-state index contributed by atoms with van der Waals surface area (Å²) in [5, 5.41) is 18.4. The molecule has 0 saturated heterocycles. The van der Waals surface area contributed by atoms with Crippen molar-refractivity contribution in [3.8, 4) is 28.3 Å². The predicted octanol–water partition coefficient (Wildman–Crippen LogP) is 4.94. The fraction of sp³-hybridized carbons (Fsp3) is 0.167. The van der Waals surface area contributed by atoms with Crippen LogP contribution in [-0.4, -0.2) is 42.6 Å². The van der Waals surface area contributed by atoms with Crippen LogP contribution in [-0.2, 0) is 6.54 Å². The second-order valence-electron chi connectivity index (χ2n) is 7.46. The number of benzene rings is 3. The summed E-state index contributed by atoms with van der Waals surface area (Å²) in [4.78, 5) is 18.4. The summed E-state index contributed by atoms with van der Waals surface area (Å²) in [5.41, 5.74) is 3.53. The molecule has 1 aromatic heterocycles. The molecule has 0 unspecified atom stereocenters. The largest absolute Gasteiger partial charge is 0.485 e. The molecule has 0 aliphatic carbocycles. The molecule has 3 aromatic carbocycles. The number of ether oxygens (including phenoxy) is 1. The van der Waals surface area contributed by atoms with Crippen molar-refractivity contribution < 1.29 is 32.9 Å². The number of hydrogen-bond acceptors (Lipinski definition) is 6. The smallest absolute Gasteiger partial charge is 0.387 e. The van der Waals surface area contributed by atoms with Gasteiger partial charge in [-0.2, -0.15) is 8.78 Å². The molecule has 175 valence electrons. The highest BCUT2D eigenvalue weighted by Gasteiger charge is 2.22. The van der Waals surface area contributed by atoms with Gasteiger partial charge >= 0.3 is 15.6 Å². The van der Waals surface area contributed by atoms with Crippen LogP contribution in [0.4, 0.5) is 13.6 Å². The number of halogens is 2. The quantitative estimate of drug-likeness (QED) is 0.290. The first-order chi connectivity index (χ1) is 16.4. The second kappa shape index (κ2) is 10.1. The van der Waals surface area contributed by atoms with Gasteiger partial charge in [-0.3, -0.25) is 4.79 Å². The minimum absolute atomic E-state index is 0.0934. The zero-order valence-corrected chi connectivity index (χ0v) is 19.1. The van der Waals surface area contributed by atoms with Gasteiger partial charge in [0.25, 0.3) is 5.59 Å². The molecule has 0 spiro atoms. The molecular weight excluding hydrogens is 462 g/mol. The molecule has 0 aliphatic rings. The molecule has 0 atom stereocenters. The van der Waals surface area contributed by atoms with E-state index in [1.165, 1.54) is 12.1 Å². The van der Waals surface area contributed by atoms with Gasteiger partial charge in [0.15, 0.2) is 5.58 Å². The second-order valence-corrected chi connectivity index (χ2v) is 9.52. The number of fused-ring (bicyclic) bond motifs is 1. The highest BCUT2D eigenvalue weighted by Crippen LogP contribution is 2.35. The zero-order chi connectivity index (χ0) is 24.2. The monoisotopic (exact) mass is 483 g/mol. The third kappa shape index (κ3) is 4.98. The maximum absolute atomic E-state index is 13.0. The summed E-state index contributed by atoms with van der Waals surface area (Å²) in [6.07, 6.45) is -0.557. The maximum Gasteiger partial charge on any atom is 0.387 e. The predicted molar refractivity (Wildman–Crippen MR) is 124 cm³/mol. The van der Waals surface area contributed by atoms with Gasteiger partial charge in [0.2, 0.25) is 5.89 Å². The first kappa shape index (κ1) is 23.6. The van der Waals surface area contributed by atoms with Crippen molar-refractivity contribution in [3.63, 3.8) is 0 Å². The number of rotatable bonds is 9. The van der Waals surface area contributed by atoms with Crippen LogP contribution in [0.5, 0.6) is 5.75 Å². The topological polar surface area (TPSA) is 105 Å². The number of oxazole rings is 1. The van der Waals surface area contributed by atoms with Crippen molar-refractivity contribution in [2.24, 2.45) is 0 Å². The number of carboxylic acid groups (broad SMARTS) is 1. The standard InChI is InChI=1S/C24H21F2N2O5Si/c1-14-17(15-6-3-2-4-7-15)8-5-9-18(14)22-28-19-10-16(12-27-34(13-29)24(30)31)20(33-23(25)26)11-21(19)32-22/h2-11,23,27,29H,12-13H2,1H3,(H,30,31). The number of nitrogens with zero attached hydrogens (tertiary/aromatic N) is 1. The van der Waals surface area contributed by atoms with Gasteiger partial charge in [-0.05, 0) is 35.7 Å². The minimum Gasteiger partial charge on any atom is -0.485 e. The van der Waals surface area contributed by atoms with Crippen LogP contribution in [0.1, 0.15) is 11.1 Å². The summed E-state index contributed by atoms with van der Waals surface area (Å²) in [5.74, 6) is 0.168. The third-order valence-corrected chi connectivity index (χ3v) is 6.78. The van der Waals surface area contributed by atoms with E-state index < -0.39 is 27.4 Å². The molecule has 3 N–H and O–H groups in total. The summed E-state index contributed by atoms with van der Waals surface area (Å²) in [6, 6.07) is 18.4. The Morgan fingerprint density at radius 3 is 2.56 bits per heavy atom. The first-order valence-electron chi connectivity index (χ1n) is 10.3.